The summed E-state index contributed by atoms with van der Waals surface area (Å²) in [6.45, 7) is 5.09. The van der Waals surface area contributed by atoms with Gasteiger partial charge in [-0.05, 0) is 30.5 Å². The van der Waals surface area contributed by atoms with E-state index in [2.05, 4.69) is 72.5 Å². The monoisotopic (exact) mass is 303 g/mol. The molecule has 0 saturated heterocycles. The minimum atomic E-state index is 0.899. The maximum Gasteiger partial charge on any atom is 0.134 e. The maximum atomic E-state index is 6.16. The van der Waals surface area contributed by atoms with E-state index in [9.17, 15) is 0 Å². The van der Waals surface area contributed by atoms with Crippen molar-refractivity contribution in [1.82, 2.24) is 4.90 Å². The Kier molecular flexibility index (Phi) is 3.76. The van der Waals surface area contributed by atoms with Crippen LogP contribution in [0.5, 0.6) is 0 Å². The SMILES string of the molecule is Cc1ccc(-c2cc3c(o2)CN(Cc2ccccc2)CC3)cc1. The number of nitrogens with zero attached hydrogens (tertiary/aromatic N) is 1. The molecule has 0 bridgehead atoms. The molecule has 116 valence electrons. The molecule has 3 aromatic rings. The Hall–Kier alpha value is -2.32. The summed E-state index contributed by atoms with van der Waals surface area (Å²) in [5.41, 5.74) is 5.17. The molecule has 23 heavy (non-hydrogen) atoms. The van der Waals surface area contributed by atoms with E-state index in [1.807, 2.05) is 0 Å². The second kappa shape index (κ2) is 6.05. The van der Waals surface area contributed by atoms with Crippen LogP contribution in [0.4, 0.5) is 0 Å². The van der Waals surface area contributed by atoms with Crippen molar-refractivity contribution in [3.05, 3.63) is 83.1 Å². The van der Waals surface area contributed by atoms with E-state index in [0.717, 1.165) is 37.6 Å². The first kappa shape index (κ1) is 14.3. The Morgan fingerprint density at radius 2 is 1.78 bits per heavy atom. The van der Waals surface area contributed by atoms with Crippen LogP contribution in [-0.4, -0.2) is 11.4 Å². The average molecular weight is 303 g/mol. The number of fused-ring (bicyclic) bond motifs is 1. The molecule has 0 saturated carbocycles. The van der Waals surface area contributed by atoms with Crippen LogP contribution >= 0.6 is 0 Å². The summed E-state index contributed by atoms with van der Waals surface area (Å²) in [5.74, 6) is 2.12. The van der Waals surface area contributed by atoms with Gasteiger partial charge in [-0.25, -0.2) is 0 Å². The molecule has 0 aliphatic carbocycles. The standard InChI is InChI=1S/C21H21NO/c1-16-7-9-18(10-8-16)20-13-19-11-12-22(15-21(19)23-20)14-17-5-3-2-4-6-17/h2-10,13H,11-12,14-15H2,1H3. The summed E-state index contributed by atoms with van der Waals surface area (Å²) in [6, 6.07) is 21.4. The summed E-state index contributed by atoms with van der Waals surface area (Å²) in [4.78, 5) is 2.46. The number of rotatable bonds is 3. The molecule has 2 aromatic carbocycles. The van der Waals surface area contributed by atoms with Gasteiger partial charge in [0.15, 0.2) is 0 Å². The molecule has 2 heteroatoms. The Balaban J connectivity index is 1.52. The van der Waals surface area contributed by atoms with Gasteiger partial charge in [-0.1, -0.05) is 60.2 Å². The van der Waals surface area contributed by atoms with Crippen molar-refractivity contribution in [3.8, 4) is 11.3 Å². The Morgan fingerprint density at radius 1 is 1.00 bits per heavy atom. The first-order valence-electron chi connectivity index (χ1n) is 8.23. The van der Waals surface area contributed by atoms with Gasteiger partial charge in [0.05, 0.1) is 6.54 Å². The topological polar surface area (TPSA) is 16.4 Å². The smallest absolute Gasteiger partial charge is 0.134 e. The van der Waals surface area contributed by atoms with E-state index < -0.39 is 0 Å². The van der Waals surface area contributed by atoms with Crippen LogP contribution in [-0.2, 0) is 19.5 Å². The predicted molar refractivity (Wildman–Crippen MR) is 93.1 cm³/mol. The highest BCUT2D eigenvalue weighted by Gasteiger charge is 2.21. The van der Waals surface area contributed by atoms with Gasteiger partial charge in [0.1, 0.15) is 11.5 Å². The van der Waals surface area contributed by atoms with Crippen LogP contribution in [0.3, 0.4) is 0 Å². The zero-order valence-electron chi connectivity index (χ0n) is 13.5. The van der Waals surface area contributed by atoms with Crippen LogP contribution in [0.2, 0.25) is 0 Å². The van der Waals surface area contributed by atoms with Crippen molar-refractivity contribution in [2.24, 2.45) is 0 Å². The fourth-order valence-electron chi connectivity index (χ4n) is 3.21. The van der Waals surface area contributed by atoms with Crippen molar-refractivity contribution >= 4 is 0 Å². The van der Waals surface area contributed by atoms with Gasteiger partial charge in [0.2, 0.25) is 0 Å². The third-order valence-electron chi connectivity index (χ3n) is 4.55. The third kappa shape index (κ3) is 3.08. The molecule has 0 fully saturated rings. The van der Waals surface area contributed by atoms with Gasteiger partial charge in [0, 0.05) is 18.7 Å². The molecular weight excluding hydrogens is 282 g/mol. The molecule has 1 aliphatic heterocycles. The minimum absolute atomic E-state index is 0.899. The first-order chi connectivity index (χ1) is 11.3. The van der Waals surface area contributed by atoms with E-state index in [4.69, 9.17) is 4.42 Å². The second-order valence-corrected chi connectivity index (χ2v) is 6.37. The lowest BCUT2D eigenvalue weighted by atomic mass is 10.1. The number of benzene rings is 2. The lowest BCUT2D eigenvalue weighted by molar-refractivity contribution is 0.222. The summed E-state index contributed by atoms with van der Waals surface area (Å²) in [5, 5.41) is 0. The zero-order valence-corrected chi connectivity index (χ0v) is 13.5. The molecule has 2 heterocycles. The Labute approximate surface area is 137 Å². The van der Waals surface area contributed by atoms with Gasteiger partial charge in [0.25, 0.3) is 0 Å². The number of aryl methyl sites for hydroxylation is 1. The van der Waals surface area contributed by atoms with Crippen molar-refractivity contribution in [2.45, 2.75) is 26.4 Å². The predicted octanol–water partition coefficient (Wildman–Crippen LogP) is 4.81. The molecule has 4 rings (SSSR count). The quantitative estimate of drug-likeness (QED) is 0.690. The second-order valence-electron chi connectivity index (χ2n) is 6.37. The summed E-state index contributed by atoms with van der Waals surface area (Å²) < 4.78 is 6.16. The Bertz CT molecular complexity index is 786. The molecule has 1 aliphatic rings. The van der Waals surface area contributed by atoms with Crippen molar-refractivity contribution in [1.29, 1.82) is 0 Å². The van der Waals surface area contributed by atoms with E-state index >= 15 is 0 Å². The fraction of sp³-hybridized carbons (Fsp3) is 0.238. The van der Waals surface area contributed by atoms with E-state index in [0.29, 0.717) is 0 Å². The van der Waals surface area contributed by atoms with Crippen LogP contribution in [0, 0.1) is 6.92 Å². The Morgan fingerprint density at radius 3 is 2.57 bits per heavy atom. The summed E-state index contributed by atoms with van der Waals surface area (Å²) in [6.07, 6.45) is 1.07. The lowest BCUT2D eigenvalue weighted by Gasteiger charge is -2.25. The van der Waals surface area contributed by atoms with Crippen LogP contribution in [0.1, 0.15) is 22.5 Å². The molecule has 0 radical (unpaired) electrons. The number of hydrogen-bond donors (Lipinski definition) is 0. The summed E-state index contributed by atoms with van der Waals surface area (Å²) in [7, 11) is 0. The van der Waals surface area contributed by atoms with E-state index in [-0.39, 0.29) is 0 Å². The van der Waals surface area contributed by atoms with Crippen molar-refractivity contribution < 1.29 is 4.42 Å². The normalized spacial score (nSPS) is 14.7. The molecule has 0 atom stereocenters. The maximum absolute atomic E-state index is 6.16. The minimum Gasteiger partial charge on any atom is -0.459 e. The fourth-order valence-corrected chi connectivity index (χ4v) is 3.21. The summed E-state index contributed by atoms with van der Waals surface area (Å²) >= 11 is 0. The lowest BCUT2D eigenvalue weighted by Crippen LogP contribution is -2.29. The van der Waals surface area contributed by atoms with Gasteiger partial charge in [-0.3, -0.25) is 4.90 Å². The van der Waals surface area contributed by atoms with Gasteiger partial charge in [-0.2, -0.15) is 0 Å². The van der Waals surface area contributed by atoms with Crippen LogP contribution in [0.15, 0.2) is 65.1 Å². The molecule has 0 spiro atoms. The largest absolute Gasteiger partial charge is 0.459 e. The van der Waals surface area contributed by atoms with E-state index in [1.165, 1.54) is 22.3 Å². The number of furan rings is 1. The molecule has 1 aromatic heterocycles. The van der Waals surface area contributed by atoms with Gasteiger partial charge in [-0.15, -0.1) is 0 Å². The molecular formula is C21H21NO. The highest BCUT2D eigenvalue weighted by Crippen LogP contribution is 2.30. The molecule has 0 N–H and O–H groups in total. The molecule has 0 amide bonds. The van der Waals surface area contributed by atoms with Gasteiger partial charge >= 0.3 is 0 Å². The van der Waals surface area contributed by atoms with Crippen molar-refractivity contribution in [3.63, 3.8) is 0 Å². The first-order valence-corrected chi connectivity index (χ1v) is 8.23. The van der Waals surface area contributed by atoms with Gasteiger partial charge < -0.3 is 4.42 Å². The average Bonchev–Trinajstić information content (AvgIpc) is 3.00. The van der Waals surface area contributed by atoms with Crippen LogP contribution in [0.25, 0.3) is 11.3 Å². The highest BCUT2D eigenvalue weighted by molar-refractivity contribution is 5.59. The molecule has 0 unspecified atom stereocenters. The van der Waals surface area contributed by atoms with E-state index in [1.54, 1.807) is 0 Å². The number of hydrogen-bond acceptors (Lipinski definition) is 2. The molecule has 2 nitrogen and oxygen atoms in total. The zero-order chi connectivity index (χ0) is 15.6. The van der Waals surface area contributed by atoms with Crippen molar-refractivity contribution in [2.75, 3.05) is 6.54 Å². The third-order valence-corrected chi connectivity index (χ3v) is 4.55. The highest BCUT2D eigenvalue weighted by atomic mass is 16.3. The van der Waals surface area contributed by atoms with Crippen LogP contribution < -0.4 is 0 Å².